The van der Waals surface area contributed by atoms with Crippen molar-refractivity contribution >= 4 is 5.78 Å². The number of carbonyl (C=O) groups excluding carboxylic acids is 1. The van der Waals surface area contributed by atoms with E-state index < -0.39 is 0 Å². The Kier molecular flexibility index (Phi) is 1.37. The average molecular weight is 136 g/mol. The quantitative estimate of drug-likeness (QED) is 0.466. The highest BCUT2D eigenvalue weighted by Crippen LogP contribution is 2.33. The molecule has 0 heterocycles. The lowest BCUT2D eigenvalue weighted by molar-refractivity contribution is -0.124. The van der Waals surface area contributed by atoms with E-state index in [1.807, 2.05) is 0 Å². The van der Waals surface area contributed by atoms with Crippen LogP contribution in [0, 0.1) is 5.92 Å². The van der Waals surface area contributed by atoms with Gasteiger partial charge < -0.3 is 0 Å². The summed E-state index contributed by atoms with van der Waals surface area (Å²) in [5.74, 6) is 0.922. The van der Waals surface area contributed by atoms with Gasteiger partial charge in [0.1, 0.15) is 5.78 Å². The molecule has 0 amide bonds. The second-order valence-corrected chi connectivity index (χ2v) is 3.31. The van der Waals surface area contributed by atoms with Crippen LogP contribution >= 0.6 is 0 Å². The summed E-state index contributed by atoms with van der Waals surface area (Å²) in [5.41, 5.74) is 1.54. The summed E-state index contributed by atoms with van der Waals surface area (Å²) in [5, 5.41) is 0. The second-order valence-electron chi connectivity index (χ2n) is 3.31. The molecule has 1 heteroatoms. The van der Waals surface area contributed by atoms with Crippen LogP contribution in [-0.2, 0) is 4.79 Å². The van der Waals surface area contributed by atoms with E-state index in [4.69, 9.17) is 0 Å². The number of rotatable bonds is 0. The third-order valence-electron chi connectivity index (χ3n) is 2.60. The zero-order valence-corrected chi connectivity index (χ0v) is 6.10. The fraction of sp³-hybridized carbons (Fsp3) is 0.667. The van der Waals surface area contributed by atoms with E-state index >= 15 is 0 Å². The van der Waals surface area contributed by atoms with Crippen molar-refractivity contribution in [1.29, 1.82) is 0 Å². The van der Waals surface area contributed by atoms with Crippen LogP contribution in [-0.4, -0.2) is 5.78 Å². The Balaban J connectivity index is 2.20. The molecular weight excluding hydrogens is 124 g/mol. The van der Waals surface area contributed by atoms with Crippen LogP contribution in [0.3, 0.4) is 0 Å². The Morgan fingerprint density at radius 3 is 3.10 bits per heavy atom. The minimum atomic E-state index is 0.411. The third-order valence-corrected chi connectivity index (χ3v) is 2.60. The van der Waals surface area contributed by atoms with Gasteiger partial charge >= 0.3 is 0 Å². The molecule has 1 atom stereocenters. The summed E-state index contributed by atoms with van der Waals surface area (Å²) in [4.78, 5) is 11.2. The molecule has 0 aromatic carbocycles. The molecule has 0 aromatic heterocycles. The first-order valence-corrected chi connectivity index (χ1v) is 4.07. The summed E-state index contributed by atoms with van der Waals surface area (Å²) in [6.07, 6.45) is 7.53. The molecule has 54 valence electrons. The highest BCUT2D eigenvalue weighted by molar-refractivity contribution is 5.83. The van der Waals surface area contributed by atoms with Crippen molar-refractivity contribution in [2.24, 2.45) is 5.92 Å². The van der Waals surface area contributed by atoms with E-state index in [0.717, 1.165) is 32.1 Å². The average Bonchev–Trinajstić information content (AvgIpc) is 1.99. The van der Waals surface area contributed by atoms with Gasteiger partial charge in [-0.1, -0.05) is 11.6 Å². The molecule has 0 N–H and O–H groups in total. The molecule has 1 nitrogen and oxygen atoms in total. The number of ketones is 1. The molecule has 0 saturated heterocycles. The summed E-state index contributed by atoms with van der Waals surface area (Å²) in [6, 6.07) is 0. The van der Waals surface area contributed by atoms with Gasteiger partial charge in [-0.25, -0.2) is 0 Å². The van der Waals surface area contributed by atoms with Gasteiger partial charge in [-0.2, -0.15) is 0 Å². The molecule has 2 aliphatic carbocycles. The minimum Gasteiger partial charge on any atom is -0.299 e. The van der Waals surface area contributed by atoms with Gasteiger partial charge in [0.2, 0.25) is 0 Å². The van der Waals surface area contributed by atoms with E-state index in [-0.39, 0.29) is 0 Å². The fourth-order valence-electron chi connectivity index (χ4n) is 1.96. The molecule has 1 saturated carbocycles. The number of carbonyl (C=O) groups is 1. The van der Waals surface area contributed by atoms with Gasteiger partial charge in [-0.3, -0.25) is 4.79 Å². The lowest BCUT2D eigenvalue weighted by Gasteiger charge is -2.26. The monoisotopic (exact) mass is 136 g/mol. The zero-order chi connectivity index (χ0) is 6.97. The van der Waals surface area contributed by atoms with Gasteiger partial charge in [0, 0.05) is 12.3 Å². The van der Waals surface area contributed by atoms with Gasteiger partial charge in [-0.15, -0.1) is 0 Å². The van der Waals surface area contributed by atoms with Crippen LogP contribution < -0.4 is 0 Å². The van der Waals surface area contributed by atoms with Gasteiger partial charge in [0.15, 0.2) is 0 Å². The molecule has 0 radical (unpaired) electrons. The lowest BCUT2D eigenvalue weighted by Crippen LogP contribution is -2.22. The van der Waals surface area contributed by atoms with Gasteiger partial charge in [0.25, 0.3) is 0 Å². The molecule has 0 spiro atoms. The van der Waals surface area contributed by atoms with Crippen molar-refractivity contribution in [1.82, 2.24) is 0 Å². The summed E-state index contributed by atoms with van der Waals surface area (Å²) >= 11 is 0. The molecule has 0 aliphatic heterocycles. The maximum atomic E-state index is 11.2. The fourth-order valence-corrected chi connectivity index (χ4v) is 1.96. The van der Waals surface area contributed by atoms with E-state index in [2.05, 4.69) is 6.08 Å². The van der Waals surface area contributed by atoms with E-state index in [9.17, 15) is 4.79 Å². The van der Waals surface area contributed by atoms with E-state index in [0.29, 0.717) is 11.7 Å². The Morgan fingerprint density at radius 2 is 2.30 bits per heavy atom. The molecule has 1 unspecified atom stereocenters. The first kappa shape index (κ1) is 6.14. The molecule has 0 aromatic rings. The second kappa shape index (κ2) is 2.22. The SMILES string of the molecule is O=C1CCC2=CCCC1C2. The van der Waals surface area contributed by atoms with Crippen molar-refractivity contribution in [3.63, 3.8) is 0 Å². The number of hydrogen-bond donors (Lipinski definition) is 0. The number of Topliss-reactive ketones (excluding diaryl/α,β-unsaturated/α-hetero) is 1. The Bertz CT molecular complexity index is 191. The molecular formula is C9H12O. The highest BCUT2D eigenvalue weighted by atomic mass is 16.1. The Labute approximate surface area is 61.1 Å². The number of hydrogen-bond acceptors (Lipinski definition) is 1. The van der Waals surface area contributed by atoms with E-state index in [1.54, 1.807) is 0 Å². The maximum absolute atomic E-state index is 11.2. The maximum Gasteiger partial charge on any atom is 0.136 e. The van der Waals surface area contributed by atoms with Crippen molar-refractivity contribution in [3.8, 4) is 0 Å². The molecule has 2 bridgehead atoms. The van der Waals surface area contributed by atoms with Crippen molar-refractivity contribution in [2.45, 2.75) is 32.1 Å². The van der Waals surface area contributed by atoms with Crippen LogP contribution in [0.2, 0.25) is 0 Å². The van der Waals surface area contributed by atoms with Crippen LogP contribution in [0.5, 0.6) is 0 Å². The number of allylic oxidation sites excluding steroid dienone is 2. The Hall–Kier alpha value is -0.590. The van der Waals surface area contributed by atoms with Crippen LogP contribution in [0.4, 0.5) is 0 Å². The molecule has 10 heavy (non-hydrogen) atoms. The van der Waals surface area contributed by atoms with Crippen LogP contribution in [0.25, 0.3) is 0 Å². The zero-order valence-electron chi connectivity index (χ0n) is 6.10. The first-order valence-electron chi connectivity index (χ1n) is 4.07. The van der Waals surface area contributed by atoms with E-state index in [1.165, 1.54) is 5.57 Å². The van der Waals surface area contributed by atoms with Crippen molar-refractivity contribution < 1.29 is 4.79 Å². The summed E-state index contributed by atoms with van der Waals surface area (Å²) in [6.45, 7) is 0. The third kappa shape index (κ3) is 0.898. The standard InChI is InChI=1S/C9H12O/c10-9-5-4-7-2-1-3-8(9)6-7/h2,8H,1,3-6H2. The van der Waals surface area contributed by atoms with Crippen LogP contribution in [0.1, 0.15) is 32.1 Å². The van der Waals surface area contributed by atoms with Gasteiger partial charge in [-0.05, 0) is 25.7 Å². The minimum absolute atomic E-state index is 0.411. The molecule has 1 fully saturated rings. The summed E-state index contributed by atoms with van der Waals surface area (Å²) < 4.78 is 0. The highest BCUT2D eigenvalue weighted by Gasteiger charge is 2.26. The lowest BCUT2D eigenvalue weighted by atomic mass is 9.78. The predicted molar refractivity (Wildman–Crippen MR) is 39.7 cm³/mol. The number of fused-ring (bicyclic) bond motifs is 2. The van der Waals surface area contributed by atoms with Crippen molar-refractivity contribution in [2.75, 3.05) is 0 Å². The van der Waals surface area contributed by atoms with Crippen LogP contribution in [0.15, 0.2) is 11.6 Å². The first-order chi connectivity index (χ1) is 4.86. The topological polar surface area (TPSA) is 17.1 Å². The smallest absolute Gasteiger partial charge is 0.136 e. The van der Waals surface area contributed by atoms with Crippen molar-refractivity contribution in [3.05, 3.63) is 11.6 Å². The summed E-state index contributed by atoms with van der Waals surface area (Å²) in [7, 11) is 0. The molecule has 2 rings (SSSR count). The van der Waals surface area contributed by atoms with Gasteiger partial charge in [0.05, 0.1) is 0 Å². The largest absolute Gasteiger partial charge is 0.299 e. The Morgan fingerprint density at radius 1 is 1.40 bits per heavy atom. The predicted octanol–water partition coefficient (Wildman–Crippen LogP) is 2.08. The molecule has 2 aliphatic rings. The normalized spacial score (nSPS) is 31.8.